The number of carbonyl (C=O) groups is 1. The predicted molar refractivity (Wildman–Crippen MR) is 100 cm³/mol. The number of anilines is 2. The average molecular weight is 371 g/mol. The number of nitrogens with two attached hydrogens (primary N) is 2. The summed E-state index contributed by atoms with van der Waals surface area (Å²) in [6.07, 6.45) is 2.46. The van der Waals surface area contributed by atoms with Gasteiger partial charge in [0.05, 0.1) is 29.7 Å². The van der Waals surface area contributed by atoms with Crippen LogP contribution in [0.1, 0.15) is 17.5 Å². The lowest BCUT2D eigenvalue weighted by Crippen LogP contribution is -2.42. The van der Waals surface area contributed by atoms with Crippen LogP contribution in [0.2, 0.25) is 0 Å². The molecule has 0 unspecified atom stereocenters. The Morgan fingerprint density at radius 3 is 2.81 bits per heavy atom. The van der Waals surface area contributed by atoms with Gasteiger partial charge in [-0.15, -0.1) is 0 Å². The van der Waals surface area contributed by atoms with Gasteiger partial charge in [-0.1, -0.05) is 12.1 Å². The number of aromatic nitrogens is 1. The van der Waals surface area contributed by atoms with Gasteiger partial charge >= 0.3 is 0 Å². The van der Waals surface area contributed by atoms with Gasteiger partial charge in [0.1, 0.15) is 11.6 Å². The van der Waals surface area contributed by atoms with Crippen LogP contribution in [-0.4, -0.2) is 23.1 Å². The van der Waals surface area contributed by atoms with E-state index in [0.717, 1.165) is 18.0 Å². The van der Waals surface area contributed by atoms with E-state index in [1.54, 1.807) is 19.1 Å². The molecule has 1 fully saturated rings. The molecule has 3 rings (SSSR count). The Morgan fingerprint density at radius 2 is 2.11 bits per heavy atom. The summed E-state index contributed by atoms with van der Waals surface area (Å²) in [7, 11) is 0. The van der Waals surface area contributed by atoms with Crippen molar-refractivity contribution in [2.45, 2.75) is 19.9 Å². The zero-order valence-electron chi connectivity index (χ0n) is 14.7. The molecule has 4 N–H and O–H groups in total. The monoisotopic (exact) mass is 371 g/mol. The van der Waals surface area contributed by atoms with Gasteiger partial charge in [-0.25, -0.2) is 13.8 Å². The number of amides is 1. The Hall–Kier alpha value is -3.29. The molecule has 1 aliphatic heterocycles. The number of rotatable bonds is 3. The summed E-state index contributed by atoms with van der Waals surface area (Å²) >= 11 is 0. The highest BCUT2D eigenvalue weighted by Gasteiger charge is 2.30. The van der Waals surface area contributed by atoms with E-state index in [2.05, 4.69) is 9.98 Å². The van der Waals surface area contributed by atoms with Crippen LogP contribution >= 0.6 is 0 Å². The van der Waals surface area contributed by atoms with E-state index in [4.69, 9.17) is 11.5 Å². The van der Waals surface area contributed by atoms with Crippen molar-refractivity contribution in [3.63, 3.8) is 0 Å². The summed E-state index contributed by atoms with van der Waals surface area (Å²) in [5.74, 6) is -1.39. The van der Waals surface area contributed by atoms with Crippen LogP contribution in [0.3, 0.4) is 0 Å². The third-order valence-electron chi connectivity index (χ3n) is 4.45. The molecule has 0 bridgehead atoms. The fourth-order valence-corrected chi connectivity index (χ4v) is 2.98. The minimum Gasteiger partial charge on any atom is -0.404 e. The number of aliphatic imine (C=N–C) groups is 1. The molecule has 0 saturated carbocycles. The van der Waals surface area contributed by atoms with Crippen LogP contribution in [0.15, 0.2) is 47.2 Å². The average Bonchev–Trinajstić information content (AvgIpc) is 2.64. The molecule has 27 heavy (non-hydrogen) atoms. The number of nitrogens with zero attached hydrogens (tertiary/aromatic N) is 3. The van der Waals surface area contributed by atoms with Gasteiger partial charge in [0.15, 0.2) is 5.82 Å². The standard InChI is InChI=1S/C19H19F2N5O/c1-11-3-2-4-14(20)13(11)9-24-16-5-6-26(19(27)12(16)8-22)17-7-18(23)25-10-15(17)21/h2-4,7-8,10H,5-6,9,22H2,1H3,(H2,23,25)/b12-8+,24-16?. The van der Waals surface area contributed by atoms with Crippen molar-refractivity contribution in [2.24, 2.45) is 10.7 Å². The van der Waals surface area contributed by atoms with Crippen molar-refractivity contribution >= 4 is 23.1 Å². The molecule has 1 aromatic carbocycles. The number of aryl methyl sites for hydroxylation is 1. The Morgan fingerprint density at radius 1 is 1.33 bits per heavy atom. The third-order valence-corrected chi connectivity index (χ3v) is 4.45. The highest BCUT2D eigenvalue weighted by molar-refractivity contribution is 6.28. The summed E-state index contributed by atoms with van der Waals surface area (Å²) in [5.41, 5.74) is 13.1. The maximum Gasteiger partial charge on any atom is 0.261 e. The molecule has 0 spiro atoms. The SMILES string of the molecule is Cc1cccc(F)c1CN=C1CCN(c2cc(N)ncc2F)C(=O)/C1=C/N. The third kappa shape index (κ3) is 3.64. The van der Waals surface area contributed by atoms with E-state index in [9.17, 15) is 13.6 Å². The maximum absolute atomic E-state index is 14.1. The van der Waals surface area contributed by atoms with Crippen molar-refractivity contribution in [3.8, 4) is 0 Å². The van der Waals surface area contributed by atoms with Crippen LogP contribution in [0.4, 0.5) is 20.3 Å². The number of carbonyl (C=O) groups excluding carboxylic acids is 1. The number of hydrogen-bond donors (Lipinski definition) is 2. The molecule has 1 aromatic heterocycles. The van der Waals surface area contributed by atoms with Crippen LogP contribution in [-0.2, 0) is 11.3 Å². The lowest BCUT2D eigenvalue weighted by Gasteiger charge is -2.29. The number of benzene rings is 1. The van der Waals surface area contributed by atoms with E-state index >= 15 is 0 Å². The molecule has 2 heterocycles. The number of piperidine rings is 1. The maximum atomic E-state index is 14.1. The molecular weight excluding hydrogens is 352 g/mol. The van der Waals surface area contributed by atoms with Crippen LogP contribution in [0.25, 0.3) is 0 Å². The Labute approximate surface area is 155 Å². The zero-order valence-corrected chi connectivity index (χ0v) is 14.7. The second-order valence-electron chi connectivity index (χ2n) is 6.15. The van der Waals surface area contributed by atoms with Gasteiger partial charge in [0, 0.05) is 30.8 Å². The summed E-state index contributed by atoms with van der Waals surface area (Å²) in [6, 6.07) is 6.09. The molecule has 1 saturated heterocycles. The van der Waals surface area contributed by atoms with Crippen molar-refractivity contribution in [1.82, 2.24) is 4.98 Å². The van der Waals surface area contributed by atoms with E-state index < -0.39 is 11.7 Å². The molecule has 0 radical (unpaired) electrons. The van der Waals surface area contributed by atoms with Gasteiger partial charge in [0.25, 0.3) is 5.91 Å². The quantitative estimate of drug-likeness (QED) is 0.810. The number of pyridine rings is 1. The predicted octanol–water partition coefficient (Wildman–Crippen LogP) is 2.47. The minimum atomic E-state index is -0.656. The van der Waals surface area contributed by atoms with E-state index in [1.807, 2.05) is 0 Å². The highest BCUT2D eigenvalue weighted by atomic mass is 19.1. The molecular formula is C19H19F2N5O. The Bertz CT molecular complexity index is 935. The summed E-state index contributed by atoms with van der Waals surface area (Å²) < 4.78 is 28.1. The summed E-state index contributed by atoms with van der Waals surface area (Å²) in [4.78, 5) is 22.1. The zero-order chi connectivity index (χ0) is 19.6. The molecule has 8 heteroatoms. The van der Waals surface area contributed by atoms with E-state index in [1.165, 1.54) is 17.0 Å². The first-order chi connectivity index (χ1) is 12.9. The van der Waals surface area contributed by atoms with Crippen LogP contribution < -0.4 is 16.4 Å². The number of hydrogen-bond acceptors (Lipinski definition) is 5. The van der Waals surface area contributed by atoms with E-state index in [-0.39, 0.29) is 36.0 Å². The largest absolute Gasteiger partial charge is 0.404 e. The lowest BCUT2D eigenvalue weighted by atomic mass is 10.0. The highest BCUT2D eigenvalue weighted by Crippen LogP contribution is 2.26. The van der Waals surface area contributed by atoms with Gasteiger partial charge in [-0.05, 0) is 18.6 Å². The minimum absolute atomic E-state index is 0.0378. The topological polar surface area (TPSA) is 97.6 Å². The van der Waals surface area contributed by atoms with Crippen LogP contribution in [0, 0.1) is 18.6 Å². The van der Waals surface area contributed by atoms with E-state index in [0.29, 0.717) is 17.7 Å². The first-order valence-electron chi connectivity index (χ1n) is 8.35. The molecule has 0 aliphatic carbocycles. The molecule has 1 aliphatic rings. The molecule has 6 nitrogen and oxygen atoms in total. The van der Waals surface area contributed by atoms with Crippen molar-refractivity contribution in [2.75, 3.05) is 17.2 Å². The Kier molecular flexibility index (Phi) is 5.16. The first kappa shape index (κ1) is 18.5. The van der Waals surface area contributed by atoms with Crippen molar-refractivity contribution in [1.29, 1.82) is 0 Å². The smallest absolute Gasteiger partial charge is 0.261 e. The van der Waals surface area contributed by atoms with Gasteiger partial charge in [-0.2, -0.15) is 0 Å². The fourth-order valence-electron chi connectivity index (χ4n) is 2.98. The van der Waals surface area contributed by atoms with Gasteiger partial charge < -0.3 is 16.4 Å². The molecule has 140 valence electrons. The van der Waals surface area contributed by atoms with Crippen molar-refractivity contribution in [3.05, 3.63) is 65.0 Å². The molecule has 0 atom stereocenters. The fraction of sp³-hybridized carbons (Fsp3) is 0.211. The molecule has 1 amide bonds. The van der Waals surface area contributed by atoms with Crippen LogP contribution in [0.5, 0.6) is 0 Å². The number of halogens is 2. The first-order valence-corrected chi connectivity index (χ1v) is 8.35. The Balaban J connectivity index is 1.88. The van der Waals surface area contributed by atoms with Gasteiger partial charge in [-0.3, -0.25) is 9.79 Å². The second-order valence-corrected chi connectivity index (χ2v) is 6.15. The normalized spacial score (nSPS) is 17.7. The molecule has 2 aromatic rings. The summed E-state index contributed by atoms with van der Waals surface area (Å²) in [6.45, 7) is 2.09. The summed E-state index contributed by atoms with van der Waals surface area (Å²) in [5, 5.41) is 0. The second kappa shape index (κ2) is 7.53. The number of nitrogen functional groups attached to an aromatic ring is 1. The van der Waals surface area contributed by atoms with Crippen molar-refractivity contribution < 1.29 is 13.6 Å². The lowest BCUT2D eigenvalue weighted by molar-refractivity contribution is -0.114. The van der Waals surface area contributed by atoms with Gasteiger partial charge in [0.2, 0.25) is 0 Å².